The van der Waals surface area contributed by atoms with E-state index in [-0.39, 0.29) is 12.3 Å². The summed E-state index contributed by atoms with van der Waals surface area (Å²) in [5.41, 5.74) is 1.71. The minimum atomic E-state index is -0.526. The van der Waals surface area contributed by atoms with Crippen LogP contribution >= 0.6 is 22.9 Å². The van der Waals surface area contributed by atoms with E-state index in [0.29, 0.717) is 18.0 Å². The van der Waals surface area contributed by atoms with Gasteiger partial charge in [-0.05, 0) is 40.4 Å². The van der Waals surface area contributed by atoms with E-state index in [0.717, 1.165) is 11.1 Å². The molecule has 106 valence electrons. The highest BCUT2D eigenvalue weighted by Crippen LogP contribution is 2.18. The lowest BCUT2D eigenvalue weighted by Gasteiger charge is -2.10. The largest absolute Gasteiger partial charge is 0.388 e. The molecule has 2 N–H and O–H groups in total. The molecule has 2 aromatic rings. The van der Waals surface area contributed by atoms with Crippen molar-refractivity contribution in [2.24, 2.45) is 0 Å². The molecule has 0 aliphatic rings. The Labute approximate surface area is 127 Å². The summed E-state index contributed by atoms with van der Waals surface area (Å²) in [7, 11) is 0. The molecule has 1 amide bonds. The second-order valence-electron chi connectivity index (χ2n) is 4.48. The van der Waals surface area contributed by atoms with Gasteiger partial charge in [0.15, 0.2) is 0 Å². The zero-order chi connectivity index (χ0) is 14.4. The maximum absolute atomic E-state index is 11.8. The van der Waals surface area contributed by atoms with Gasteiger partial charge in [0.2, 0.25) is 5.91 Å². The van der Waals surface area contributed by atoms with Crippen LogP contribution in [-0.2, 0) is 11.2 Å². The van der Waals surface area contributed by atoms with E-state index >= 15 is 0 Å². The quantitative estimate of drug-likeness (QED) is 0.861. The first-order chi connectivity index (χ1) is 9.66. The van der Waals surface area contributed by atoms with Crippen LogP contribution in [0.4, 0.5) is 0 Å². The standard InChI is InChI=1S/C15H16ClNO2S/c16-13-4-2-1-3-11(13)9-15(19)17-7-5-14(18)12-6-8-20-10-12/h1-4,6,8,10,14,18H,5,7,9H2,(H,17,19). The molecule has 0 spiro atoms. The Hall–Kier alpha value is -1.36. The lowest BCUT2D eigenvalue weighted by atomic mass is 10.1. The van der Waals surface area contributed by atoms with E-state index in [1.807, 2.05) is 35.0 Å². The summed E-state index contributed by atoms with van der Waals surface area (Å²) in [6, 6.07) is 9.18. The zero-order valence-corrected chi connectivity index (χ0v) is 12.5. The van der Waals surface area contributed by atoms with Gasteiger partial charge in [0.05, 0.1) is 12.5 Å². The Morgan fingerprint density at radius 1 is 1.35 bits per heavy atom. The van der Waals surface area contributed by atoms with Crippen LogP contribution in [0.5, 0.6) is 0 Å². The Bertz CT molecular complexity index is 557. The van der Waals surface area contributed by atoms with Crippen LogP contribution in [0.25, 0.3) is 0 Å². The number of benzene rings is 1. The van der Waals surface area contributed by atoms with Gasteiger partial charge in [0.25, 0.3) is 0 Å². The molecule has 0 saturated carbocycles. The molecule has 1 heterocycles. The van der Waals surface area contributed by atoms with Gasteiger partial charge in [0, 0.05) is 11.6 Å². The number of aliphatic hydroxyl groups excluding tert-OH is 1. The molecule has 3 nitrogen and oxygen atoms in total. The number of nitrogens with one attached hydrogen (secondary N) is 1. The fourth-order valence-electron chi connectivity index (χ4n) is 1.86. The third kappa shape index (κ3) is 4.34. The summed E-state index contributed by atoms with van der Waals surface area (Å²) in [5.74, 6) is -0.0874. The van der Waals surface area contributed by atoms with Crippen molar-refractivity contribution in [3.05, 3.63) is 57.2 Å². The van der Waals surface area contributed by atoms with Crippen LogP contribution in [0.1, 0.15) is 23.7 Å². The zero-order valence-electron chi connectivity index (χ0n) is 10.9. The lowest BCUT2D eigenvalue weighted by Crippen LogP contribution is -2.27. The highest BCUT2D eigenvalue weighted by atomic mass is 35.5. The number of amides is 1. The highest BCUT2D eigenvalue weighted by molar-refractivity contribution is 7.07. The third-order valence-electron chi connectivity index (χ3n) is 2.98. The molecule has 0 radical (unpaired) electrons. The molecular formula is C15H16ClNO2S. The van der Waals surface area contributed by atoms with Gasteiger partial charge in [-0.3, -0.25) is 4.79 Å². The van der Waals surface area contributed by atoms with E-state index < -0.39 is 6.10 Å². The fourth-order valence-corrected chi connectivity index (χ4v) is 2.77. The van der Waals surface area contributed by atoms with Crippen LogP contribution < -0.4 is 5.32 Å². The van der Waals surface area contributed by atoms with Crippen molar-refractivity contribution in [2.45, 2.75) is 18.9 Å². The SMILES string of the molecule is O=C(Cc1ccccc1Cl)NCCC(O)c1ccsc1. The van der Waals surface area contributed by atoms with Crippen molar-refractivity contribution in [1.29, 1.82) is 0 Å². The molecule has 0 fully saturated rings. The Kier molecular flexibility index (Phi) is 5.59. The van der Waals surface area contributed by atoms with Crippen molar-refractivity contribution in [1.82, 2.24) is 5.32 Å². The van der Waals surface area contributed by atoms with Gasteiger partial charge in [-0.1, -0.05) is 29.8 Å². The van der Waals surface area contributed by atoms with Crippen LogP contribution in [0.3, 0.4) is 0 Å². The van der Waals surface area contributed by atoms with Crippen molar-refractivity contribution in [3.8, 4) is 0 Å². The predicted molar refractivity (Wildman–Crippen MR) is 82.1 cm³/mol. The van der Waals surface area contributed by atoms with Crippen LogP contribution in [0, 0.1) is 0 Å². The van der Waals surface area contributed by atoms with Crippen molar-refractivity contribution < 1.29 is 9.90 Å². The Morgan fingerprint density at radius 3 is 2.85 bits per heavy atom. The molecule has 0 bridgehead atoms. The normalized spacial score (nSPS) is 12.1. The summed E-state index contributed by atoms with van der Waals surface area (Å²) < 4.78 is 0. The summed E-state index contributed by atoms with van der Waals surface area (Å²) >= 11 is 7.55. The molecule has 1 aromatic heterocycles. The number of carbonyl (C=O) groups excluding carboxylic acids is 1. The summed E-state index contributed by atoms with van der Waals surface area (Å²) in [5, 5.41) is 17.1. The first-order valence-electron chi connectivity index (χ1n) is 6.37. The van der Waals surface area contributed by atoms with Gasteiger partial charge in [-0.25, -0.2) is 0 Å². The second kappa shape index (κ2) is 7.43. The molecule has 0 aliphatic carbocycles. The number of aliphatic hydroxyl groups is 1. The first kappa shape index (κ1) is 15.0. The van der Waals surface area contributed by atoms with Gasteiger partial charge in [-0.15, -0.1) is 0 Å². The summed E-state index contributed by atoms with van der Waals surface area (Å²) in [4.78, 5) is 11.8. The maximum Gasteiger partial charge on any atom is 0.224 e. The molecule has 0 aliphatic heterocycles. The van der Waals surface area contributed by atoms with E-state index in [1.165, 1.54) is 0 Å². The lowest BCUT2D eigenvalue weighted by molar-refractivity contribution is -0.120. The number of thiophene rings is 1. The fraction of sp³-hybridized carbons (Fsp3) is 0.267. The molecule has 1 aromatic carbocycles. The van der Waals surface area contributed by atoms with E-state index in [4.69, 9.17) is 11.6 Å². The van der Waals surface area contributed by atoms with E-state index in [2.05, 4.69) is 5.32 Å². The summed E-state index contributed by atoms with van der Waals surface area (Å²) in [6.45, 7) is 0.445. The Balaban J connectivity index is 1.74. The first-order valence-corrected chi connectivity index (χ1v) is 7.69. The molecule has 2 rings (SSSR count). The van der Waals surface area contributed by atoms with Crippen LogP contribution in [0.15, 0.2) is 41.1 Å². The molecule has 1 atom stereocenters. The van der Waals surface area contributed by atoms with E-state index in [1.54, 1.807) is 17.4 Å². The van der Waals surface area contributed by atoms with Gasteiger partial charge in [0.1, 0.15) is 0 Å². The minimum Gasteiger partial charge on any atom is -0.388 e. The predicted octanol–water partition coefficient (Wildman–Crippen LogP) is 3.18. The van der Waals surface area contributed by atoms with Gasteiger partial charge < -0.3 is 10.4 Å². The number of rotatable bonds is 6. The van der Waals surface area contributed by atoms with Gasteiger partial charge >= 0.3 is 0 Å². The smallest absolute Gasteiger partial charge is 0.224 e. The average Bonchev–Trinajstić information content (AvgIpc) is 2.95. The van der Waals surface area contributed by atoms with Gasteiger partial charge in [-0.2, -0.15) is 11.3 Å². The van der Waals surface area contributed by atoms with Crippen molar-refractivity contribution in [2.75, 3.05) is 6.54 Å². The van der Waals surface area contributed by atoms with Crippen LogP contribution in [-0.4, -0.2) is 17.6 Å². The Morgan fingerprint density at radius 2 is 2.15 bits per heavy atom. The van der Waals surface area contributed by atoms with E-state index in [9.17, 15) is 9.90 Å². The van der Waals surface area contributed by atoms with Crippen molar-refractivity contribution >= 4 is 28.8 Å². The molecule has 5 heteroatoms. The molecule has 1 unspecified atom stereocenters. The number of hydrogen-bond donors (Lipinski definition) is 2. The monoisotopic (exact) mass is 309 g/mol. The minimum absolute atomic E-state index is 0.0874. The van der Waals surface area contributed by atoms with Crippen molar-refractivity contribution in [3.63, 3.8) is 0 Å². The average molecular weight is 310 g/mol. The maximum atomic E-state index is 11.8. The number of halogens is 1. The molecule has 0 saturated heterocycles. The third-order valence-corrected chi connectivity index (χ3v) is 4.05. The number of hydrogen-bond acceptors (Lipinski definition) is 3. The highest BCUT2D eigenvalue weighted by Gasteiger charge is 2.09. The topological polar surface area (TPSA) is 49.3 Å². The summed E-state index contributed by atoms with van der Waals surface area (Å²) in [6.07, 6.45) is 0.237. The second-order valence-corrected chi connectivity index (χ2v) is 5.67. The molecular weight excluding hydrogens is 294 g/mol. The van der Waals surface area contributed by atoms with Crippen LogP contribution in [0.2, 0.25) is 5.02 Å². The number of carbonyl (C=O) groups is 1. The molecule has 20 heavy (non-hydrogen) atoms.